The van der Waals surface area contributed by atoms with E-state index in [9.17, 15) is 0 Å². The summed E-state index contributed by atoms with van der Waals surface area (Å²) in [5.41, 5.74) is 2.64. The molecule has 10 heteroatoms. The van der Waals surface area contributed by atoms with Crippen LogP contribution in [0.15, 0.2) is 280 Å². The van der Waals surface area contributed by atoms with E-state index in [1.54, 1.807) is 17.1 Å². The Morgan fingerprint density at radius 2 is 0.654 bits per heavy atom. The molecule has 0 radical (unpaired) electrons. The van der Waals surface area contributed by atoms with Crippen LogP contribution in [0.1, 0.15) is 35.6 Å². The van der Waals surface area contributed by atoms with Gasteiger partial charge in [-0.2, -0.15) is 26.3 Å². The summed E-state index contributed by atoms with van der Waals surface area (Å²) in [7, 11) is 0. The van der Waals surface area contributed by atoms with Crippen molar-refractivity contribution in [2.45, 2.75) is 36.7 Å². The number of allylic oxidation sites excluding steroid dienone is 1. The van der Waals surface area contributed by atoms with Crippen LogP contribution in [0.2, 0.25) is 0 Å². The zero-order valence-electron chi connectivity index (χ0n) is 42.7. The summed E-state index contributed by atoms with van der Waals surface area (Å²) in [5.74, 6) is 0. The average molecular weight is 1040 g/mol. The molecule has 388 valence electrons. The number of hydrogen-bond acceptors (Lipinski definition) is 4. The molecule has 0 N–H and O–H groups in total. The molecule has 0 saturated heterocycles. The normalized spacial score (nSPS) is 14.5. The largest absolute Gasteiger partial charge is 0.411 e. The lowest BCUT2D eigenvalue weighted by atomic mass is 9.72. The van der Waals surface area contributed by atoms with Crippen LogP contribution in [0.4, 0.5) is 83.2 Å². The van der Waals surface area contributed by atoms with Crippen LogP contribution in [0.3, 0.4) is 0 Å². The summed E-state index contributed by atoms with van der Waals surface area (Å²) in [6.45, 7) is 9.86. The first-order valence-corrected chi connectivity index (χ1v) is 25.4. The van der Waals surface area contributed by atoms with E-state index in [4.69, 9.17) is 0 Å². The van der Waals surface area contributed by atoms with Crippen molar-refractivity contribution in [3.05, 3.63) is 302 Å². The summed E-state index contributed by atoms with van der Waals surface area (Å²) >= 11 is 0. The summed E-state index contributed by atoms with van der Waals surface area (Å²) < 4.78 is 95.6. The molecule has 0 aromatic heterocycles. The number of hydrogen-bond donors (Lipinski definition) is 0. The fourth-order valence-electron chi connectivity index (χ4n) is 10.4. The second-order valence-electron chi connectivity index (χ2n) is 19.2. The number of halogens is 6. The molecule has 1 aliphatic carbocycles. The third-order valence-electron chi connectivity index (χ3n) is 14.3. The van der Waals surface area contributed by atoms with Gasteiger partial charge >= 0.3 is 12.4 Å². The van der Waals surface area contributed by atoms with E-state index in [0.29, 0.717) is 40.6 Å². The maximum Gasteiger partial charge on any atom is 0.411 e. The molecule has 10 rings (SSSR count). The van der Waals surface area contributed by atoms with Crippen molar-refractivity contribution in [3.8, 4) is 0 Å². The molecule has 4 nitrogen and oxygen atoms in total. The van der Waals surface area contributed by atoms with E-state index < -0.39 is 34.4 Å². The molecule has 9 aromatic rings. The highest BCUT2D eigenvalue weighted by atomic mass is 19.4. The highest BCUT2D eigenvalue weighted by Crippen LogP contribution is 2.57. The number of benzene rings is 9. The molecule has 0 spiro atoms. The zero-order valence-corrected chi connectivity index (χ0v) is 42.7. The first-order valence-electron chi connectivity index (χ1n) is 25.4. The van der Waals surface area contributed by atoms with Crippen LogP contribution in [0, 0.1) is 0 Å². The minimum Gasteiger partial charge on any atom is -0.332 e. The van der Waals surface area contributed by atoms with Crippen molar-refractivity contribution in [1.29, 1.82) is 0 Å². The van der Waals surface area contributed by atoms with Crippen LogP contribution in [-0.2, 0) is 5.41 Å². The molecular formula is C68H54F6N4. The Kier molecular flexibility index (Phi) is 14.6. The van der Waals surface area contributed by atoms with E-state index in [2.05, 4.69) is 36.0 Å². The van der Waals surface area contributed by atoms with Gasteiger partial charge in [0, 0.05) is 62.6 Å². The zero-order chi connectivity index (χ0) is 54.5. The van der Waals surface area contributed by atoms with Gasteiger partial charge in [-0.1, -0.05) is 159 Å². The predicted octanol–water partition coefficient (Wildman–Crippen LogP) is 19.9. The van der Waals surface area contributed by atoms with Crippen molar-refractivity contribution in [3.63, 3.8) is 0 Å². The molecule has 0 fully saturated rings. The lowest BCUT2D eigenvalue weighted by Crippen LogP contribution is -2.54. The van der Waals surface area contributed by atoms with Gasteiger partial charge in [0.05, 0.1) is 5.54 Å². The van der Waals surface area contributed by atoms with Crippen LogP contribution in [0.25, 0.3) is 12.2 Å². The lowest BCUT2D eigenvalue weighted by molar-refractivity contribution is -0.288. The highest BCUT2D eigenvalue weighted by molar-refractivity contribution is 5.82. The van der Waals surface area contributed by atoms with Gasteiger partial charge in [0.15, 0.2) is 0 Å². The standard InChI is InChI=1S/C68H54F6N4/c1-4-50-26-34-56(35-27-50)76(61-44-42-60(43-45-61)75(54-18-10-6-11-19-54)55-20-12-7-13-21-55)58-38-30-52(31-39-58)66(67(69,70)71,68(72,73)74)53-32-40-59(41-33-53)77(57-36-28-51(5-2)29-37-57)62-46-48-65(3,49-47-62)78(63-22-14-8-15-23-63)64-24-16-9-17-25-64/h4-48H,1-2,49H2,3H3/t65-/m0/s1. The van der Waals surface area contributed by atoms with Gasteiger partial charge in [-0.15, -0.1) is 0 Å². The highest BCUT2D eigenvalue weighted by Gasteiger charge is 2.72. The van der Waals surface area contributed by atoms with Crippen molar-refractivity contribution in [2.24, 2.45) is 0 Å². The number of rotatable bonds is 16. The monoisotopic (exact) mass is 1040 g/mol. The first-order chi connectivity index (χ1) is 37.7. The average Bonchev–Trinajstić information content (AvgIpc) is 3.65. The molecule has 0 bridgehead atoms. The van der Waals surface area contributed by atoms with Gasteiger partial charge in [0.25, 0.3) is 0 Å². The molecule has 1 atom stereocenters. The number of alkyl halides is 6. The Morgan fingerprint density at radius 3 is 0.949 bits per heavy atom. The fourth-order valence-corrected chi connectivity index (χ4v) is 10.4. The van der Waals surface area contributed by atoms with Crippen LogP contribution < -0.4 is 19.6 Å². The topological polar surface area (TPSA) is 13.0 Å². The van der Waals surface area contributed by atoms with Crippen LogP contribution >= 0.6 is 0 Å². The Morgan fingerprint density at radius 1 is 0.372 bits per heavy atom. The minimum atomic E-state index is -5.82. The predicted molar refractivity (Wildman–Crippen MR) is 309 cm³/mol. The smallest absolute Gasteiger partial charge is 0.332 e. The van der Waals surface area contributed by atoms with E-state index >= 15 is 26.3 Å². The van der Waals surface area contributed by atoms with Gasteiger partial charge < -0.3 is 19.6 Å². The number of para-hydroxylation sites is 4. The third-order valence-corrected chi connectivity index (χ3v) is 14.3. The Bertz CT molecular complexity index is 3430. The van der Waals surface area contributed by atoms with Crippen molar-refractivity contribution in [2.75, 3.05) is 19.6 Å². The second-order valence-corrected chi connectivity index (χ2v) is 19.2. The van der Waals surface area contributed by atoms with Crippen LogP contribution in [-0.4, -0.2) is 17.9 Å². The summed E-state index contributed by atoms with van der Waals surface area (Å²) in [6, 6.07) is 71.1. The van der Waals surface area contributed by atoms with E-state index in [-0.39, 0.29) is 0 Å². The van der Waals surface area contributed by atoms with Gasteiger partial charge in [0.1, 0.15) is 0 Å². The molecule has 0 amide bonds. The Labute approximate surface area is 451 Å². The number of anilines is 10. The lowest BCUT2D eigenvalue weighted by Gasteiger charge is -2.43. The maximum absolute atomic E-state index is 15.9. The minimum absolute atomic E-state index is 0.341. The number of nitrogens with zero attached hydrogens (tertiary/aromatic N) is 4. The van der Waals surface area contributed by atoms with E-state index in [1.165, 1.54) is 24.3 Å². The van der Waals surface area contributed by atoms with Gasteiger partial charge in [-0.3, -0.25) is 0 Å². The SMILES string of the molecule is C=Cc1ccc(N(C2=CC[C@@](C)(N(c3ccccc3)c3ccccc3)C=C2)c2ccc(C(c3ccc(N(c4ccc(C=C)cc4)c4ccc(N(c5ccccc5)c5ccccc5)cc4)cc3)(C(F)(F)F)C(F)(F)F)cc2)cc1. The van der Waals surface area contributed by atoms with E-state index in [1.807, 2.05) is 211 Å². The Balaban J connectivity index is 1.02. The summed E-state index contributed by atoms with van der Waals surface area (Å²) in [5, 5.41) is 0. The van der Waals surface area contributed by atoms with E-state index in [0.717, 1.165) is 63.8 Å². The van der Waals surface area contributed by atoms with Crippen molar-refractivity contribution < 1.29 is 26.3 Å². The molecule has 0 saturated carbocycles. The third kappa shape index (κ3) is 10.1. The molecular weight excluding hydrogens is 987 g/mol. The molecule has 0 unspecified atom stereocenters. The maximum atomic E-state index is 15.9. The first kappa shape index (κ1) is 52.2. The Hall–Kier alpha value is -9.28. The van der Waals surface area contributed by atoms with Crippen LogP contribution in [0.5, 0.6) is 0 Å². The molecule has 9 aromatic carbocycles. The van der Waals surface area contributed by atoms with Crippen molar-refractivity contribution in [1.82, 2.24) is 0 Å². The van der Waals surface area contributed by atoms with Crippen molar-refractivity contribution >= 4 is 69.0 Å². The molecule has 0 aliphatic heterocycles. The fraction of sp³-hybridized carbons (Fsp3) is 0.0882. The molecule has 78 heavy (non-hydrogen) atoms. The second kappa shape index (κ2) is 21.8. The summed E-state index contributed by atoms with van der Waals surface area (Å²) in [6.07, 6.45) is -1.68. The molecule has 1 aliphatic rings. The van der Waals surface area contributed by atoms with Gasteiger partial charge in [-0.05, 0) is 163 Å². The molecule has 0 heterocycles. The van der Waals surface area contributed by atoms with Gasteiger partial charge in [-0.25, -0.2) is 0 Å². The quantitative estimate of drug-likeness (QED) is 0.0894. The summed E-state index contributed by atoms with van der Waals surface area (Å²) in [4.78, 5) is 7.97. The van der Waals surface area contributed by atoms with Gasteiger partial charge in [0.2, 0.25) is 5.41 Å².